The smallest absolute Gasteiger partial charge is 0.251 e. The molecular formula is C16H23N3O2. The predicted molar refractivity (Wildman–Crippen MR) is 80.8 cm³/mol. The van der Waals surface area contributed by atoms with Crippen LogP contribution >= 0.6 is 0 Å². The number of hydrogen-bond acceptors (Lipinski definition) is 3. The van der Waals surface area contributed by atoms with E-state index in [0.29, 0.717) is 11.5 Å². The van der Waals surface area contributed by atoms with Crippen LogP contribution in [0, 0.1) is 5.92 Å². The van der Waals surface area contributed by atoms with Gasteiger partial charge in [-0.25, -0.2) is 0 Å². The van der Waals surface area contributed by atoms with E-state index in [0.717, 1.165) is 32.4 Å². The predicted octanol–water partition coefficient (Wildman–Crippen LogP) is 1.85. The van der Waals surface area contributed by atoms with Gasteiger partial charge in [0.15, 0.2) is 0 Å². The van der Waals surface area contributed by atoms with Crippen molar-refractivity contribution in [1.82, 2.24) is 15.2 Å². The van der Waals surface area contributed by atoms with Gasteiger partial charge < -0.3 is 10.2 Å². The molecule has 1 aliphatic rings. The Morgan fingerprint density at radius 2 is 1.95 bits per heavy atom. The summed E-state index contributed by atoms with van der Waals surface area (Å²) in [7, 11) is 0. The van der Waals surface area contributed by atoms with Crippen LogP contribution in [-0.4, -0.2) is 40.8 Å². The largest absolute Gasteiger partial charge is 0.349 e. The zero-order chi connectivity index (χ0) is 15.2. The molecule has 1 aromatic rings. The standard InChI is InChI=1S/C16H23N3O2/c1-3-15(13-6-10-19(11-7-13)12(2)20)18-16(21)14-4-8-17-9-5-14/h4-5,8-9,13,15H,3,6-7,10-11H2,1-2H3,(H,18,21). The van der Waals surface area contributed by atoms with Gasteiger partial charge in [0.2, 0.25) is 5.91 Å². The third-order valence-corrected chi connectivity index (χ3v) is 4.25. The molecule has 0 aliphatic carbocycles. The fraction of sp³-hybridized carbons (Fsp3) is 0.562. The first-order valence-corrected chi connectivity index (χ1v) is 7.58. The summed E-state index contributed by atoms with van der Waals surface area (Å²) in [6.07, 6.45) is 6.06. The summed E-state index contributed by atoms with van der Waals surface area (Å²) >= 11 is 0. The average Bonchev–Trinajstić information content (AvgIpc) is 2.53. The first kappa shape index (κ1) is 15.5. The highest BCUT2D eigenvalue weighted by molar-refractivity contribution is 5.94. The number of rotatable bonds is 4. The lowest BCUT2D eigenvalue weighted by Crippen LogP contribution is -2.46. The number of nitrogens with zero attached hydrogens (tertiary/aromatic N) is 2. The number of carbonyl (C=O) groups is 2. The molecule has 5 nitrogen and oxygen atoms in total. The number of amides is 2. The van der Waals surface area contributed by atoms with Crippen molar-refractivity contribution >= 4 is 11.8 Å². The van der Waals surface area contributed by atoms with Crippen molar-refractivity contribution in [1.29, 1.82) is 0 Å². The van der Waals surface area contributed by atoms with Crippen molar-refractivity contribution in [3.63, 3.8) is 0 Å². The number of likely N-dealkylation sites (tertiary alicyclic amines) is 1. The van der Waals surface area contributed by atoms with Gasteiger partial charge in [-0.15, -0.1) is 0 Å². The highest BCUT2D eigenvalue weighted by atomic mass is 16.2. The second kappa shape index (κ2) is 7.20. The minimum Gasteiger partial charge on any atom is -0.349 e. The van der Waals surface area contributed by atoms with E-state index in [9.17, 15) is 9.59 Å². The third kappa shape index (κ3) is 4.03. The van der Waals surface area contributed by atoms with Crippen LogP contribution in [0.4, 0.5) is 0 Å². The van der Waals surface area contributed by atoms with Crippen molar-refractivity contribution in [2.75, 3.05) is 13.1 Å². The molecule has 1 unspecified atom stereocenters. The first-order chi connectivity index (χ1) is 10.1. The molecule has 0 bridgehead atoms. The number of piperidine rings is 1. The molecule has 21 heavy (non-hydrogen) atoms. The highest BCUT2D eigenvalue weighted by Crippen LogP contribution is 2.22. The average molecular weight is 289 g/mol. The zero-order valence-corrected chi connectivity index (χ0v) is 12.7. The minimum atomic E-state index is -0.0433. The molecular weight excluding hydrogens is 266 g/mol. The normalized spacial score (nSPS) is 17.3. The first-order valence-electron chi connectivity index (χ1n) is 7.58. The maximum absolute atomic E-state index is 12.2. The number of nitrogens with one attached hydrogen (secondary N) is 1. The molecule has 1 saturated heterocycles. The second-order valence-electron chi connectivity index (χ2n) is 5.57. The highest BCUT2D eigenvalue weighted by Gasteiger charge is 2.27. The van der Waals surface area contributed by atoms with Crippen LogP contribution in [0.1, 0.15) is 43.5 Å². The summed E-state index contributed by atoms with van der Waals surface area (Å²) in [4.78, 5) is 29.4. The van der Waals surface area contributed by atoms with Gasteiger partial charge in [0.1, 0.15) is 0 Å². The molecule has 0 radical (unpaired) electrons. The number of carbonyl (C=O) groups excluding carboxylic acids is 2. The van der Waals surface area contributed by atoms with Gasteiger partial charge in [-0.3, -0.25) is 14.6 Å². The van der Waals surface area contributed by atoms with Crippen LogP contribution in [-0.2, 0) is 4.79 Å². The molecule has 1 N–H and O–H groups in total. The Morgan fingerprint density at radius 3 is 2.48 bits per heavy atom. The monoisotopic (exact) mass is 289 g/mol. The molecule has 2 amide bonds. The van der Waals surface area contributed by atoms with Gasteiger partial charge in [0, 0.05) is 44.0 Å². The Morgan fingerprint density at radius 1 is 1.33 bits per heavy atom. The lowest BCUT2D eigenvalue weighted by atomic mass is 9.87. The third-order valence-electron chi connectivity index (χ3n) is 4.25. The van der Waals surface area contributed by atoms with E-state index in [1.54, 1.807) is 31.5 Å². The molecule has 0 spiro atoms. The molecule has 1 aliphatic heterocycles. The van der Waals surface area contributed by atoms with Crippen molar-refractivity contribution < 1.29 is 9.59 Å². The van der Waals surface area contributed by atoms with Crippen LogP contribution in [0.2, 0.25) is 0 Å². The quantitative estimate of drug-likeness (QED) is 0.920. The summed E-state index contributed by atoms with van der Waals surface area (Å²) in [6.45, 7) is 5.29. The summed E-state index contributed by atoms with van der Waals surface area (Å²) in [5, 5.41) is 3.13. The fourth-order valence-electron chi connectivity index (χ4n) is 2.92. The van der Waals surface area contributed by atoms with E-state index in [2.05, 4.69) is 17.2 Å². The van der Waals surface area contributed by atoms with Crippen LogP contribution in [0.25, 0.3) is 0 Å². The van der Waals surface area contributed by atoms with E-state index in [4.69, 9.17) is 0 Å². The maximum atomic E-state index is 12.2. The number of pyridine rings is 1. The Bertz CT molecular complexity index is 482. The molecule has 1 atom stereocenters. The number of aromatic nitrogens is 1. The van der Waals surface area contributed by atoms with E-state index in [1.807, 2.05) is 4.90 Å². The van der Waals surface area contributed by atoms with Gasteiger partial charge in [0.25, 0.3) is 5.91 Å². The lowest BCUT2D eigenvalue weighted by molar-refractivity contribution is -0.130. The zero-order valence-electron chi connectivity index (χ0n) is 12.7. The second-order valence-corrected chi connectivity index (χ2v) is 5.57. The van der Waals surface area contributed by atoms with Crippen molar-refractivity contribution in [3.8, 4) is 0 Å². The maximum Gasteiger partial charge on any atom is 0.251 e. The molecule has 1 aromatic heterocycles. The molecule has 0 saturated carbocycles. The van der Waals surface area contributed by atoms with Crippen molar-refractivity contribution in [3.05, 3.63) is 30.1 Å². The lowest BCUT2D eigenvalue weighted by Gasteiger charge is -2.35. The fourth-order valence-corrected chi connectivity index (χ4v) is 2.92. The Balaban J connectivity index is 1.92. The van der Waals surface area contributed by atoms with E-state index in [1.165, 1.54) is 0 Å². The van der Waals surface area contributed by atoms with Crippen LogP contribution in [0.15, 0.2) is 24.5 Å². The molecule has 2 heterocycles. The van der Waals surface area contributed by atoms with Crippen LogP contribution in [0.5, 0.6) is 0 Å². The Hall–Kier alpha value is -1.91. The van der Waals surface area contributed by atoms with Crippen molar-refractivity contribution in [2.24, 2.45) is 5.92 Å². The Kier molecular flexibility index (Phi) is 5.31. The van der Waals surface area contributed by atoms with Gasteiger partial charge in [-0.2, -0.15) is 0 Å². The van der Waals surface area contributed by atoms with Gasteiger partial charge >= 0.3 is 0 Å². The molecule has 1 fully saturated rings. The topological polar surface area (TPSA) is 62.3 Å². The summed E-state index contributed by atoms with van der Waals surface area (Å²) < 4.78 is 0. The van der Waals surface area contributed by atoms with E-state index < -0.39 is 0 Å². The van der Waals surface area contributed by atoms with E-state index >= 15 is 0 Å². The molecule has 2 rings (SSSR count). The molecule has 114 valence electrons. The van der Waals surface area contributed by atoms with Crippen LogP contribution < -0.4 is 5.32 Å². The number of hydrogen-bond donors (Lipinski definition) is 1. The summed E-state index contributed by atoms with van der Waals surface area (Å²) in [6, 6.07) is 3.61. The SMILES string of the molecule is CCC(NC(=O)c1ccncc1)C1CCN(C(C)=O)CC1. The van der Waals surface area contributed by atoms with Gasteiger partial charge in [-0.05, 0) is 37.3 Å². The molecule has 5 heteroatoms. The van der Waals surface area contributed by atoms with Crippen molar-refractivity contribution in [2.45, 2.75) is 39.2 Å². The van der Waals surface area contributed by atoms with Gasteiger partial charge in [0.05, 0.1) is 0 Å². The summed E-state index contributed by atoms with van der Waals surface area (Å²) in [5.41, 5.74) is 0.643. The minimum absolute atomic E-state index is 0.0433. The Labute approximate surface area is 125 Å². The van der Waals surface area contributed by atoms with Crippen LogP contribution in [0.3, 0.4) is 0 Å². The van der Waals surface area contributed by atoms with E-state index in [-0.39, 0.29) is 17.9 Å². The molecule has 0 aromatic carbocycles. The van der Waals surface area contributed by atoms with Gasteiger partial charge in [-0.1, -0.05) is 6.92 Å². The summed E-state index contributed by atoms with van der Waals surface area (Å²) in [5.74, 6) is 0.539.